The van der Waals surface area contributed by atoms with Gasteiger partial charge in [-0.1, -0.05) is 0 Å². The van der Waals surface area contributed by atoms with Crippen molar-refractivity contribution < 1.29 is 10.9 Å². The summed E-state index contributed by atoms with van der Waals surface area (Å²) in [6.45, 7) is 1.82. The van der Waals surface area contributed by atoms with Crippen LogP contribution in [0.3, 0.4) is 0 Å². The van der Waals surface area contributed by atoms with Gasteiger partial charge in [0.25, 0.3) is 0 Å². The van der Waals surface area contributed by atoms with E-state index in [0.717, 1.165) is 0 Å². The number of rotatable bonds is 1. The van der Waals surface area contributed by atoms with Crippen molar-refractivity contribution in [2.45, 2.75) is 13.8 Å². The van der Waals surface area contributed by atoms with E-state index in [4.69, 9.17) is 1.37 Å². The SMILES string of the molecule is [2H]CC(=O)OCC. The standard InChI is InChI=1S/C4H8O2/c1-3-6-4(2)5/h3H2,1-2H3/i2D. The summed E-state index contributed by atoms with van der Waals surface area (Å²) in [5.41, 5.74) is 0. The fourth-order valence-corrected chi connectivity index (χ4v) is 0.161. The van der Waals surface area contributed by atoms with Crippen molar-refractivity contribution in [2.24, 2.45) is 0 Å². The van der Waals surface area contributed by atoms with Crippen molar-refractivity contribution >= 4 is 5.97 Å². The van der Waals surface area contributed by atoms with Crippen LogP contribution in [0.1, 0.15) is 15.2 Å². The summed E-state index contributed by atoms with van der Waals surface area (Å²) >= 11 is 0. The number of esters is 1. The molecule has 36 valence electrons. The van der Waals surface area contributed by atoms with Crippen molar-refractivity contribution in [1.82, 2.24) is 0 Å². The third-order valence-corrected chi connectivity index (χ3v) is 0.305. The van der Waals surface area contributed by atoms with Gasteiger partial charge in [0.1, 0.15) is 0 Å². The lowest BCUT2D eigenvalue weighted by Gasteiger charge is -1.89. The minimum atomic E-state index is -0.456. The number of carbonyl (C=O) groups excluding carboxylic acids is 1. The van der Waals surface area contributed by atoms with Gasteiger partial charge in [0.15, 0.2) is 0 Å². The number of carbonyl (C=O) groups is 1. The Balaban J connectivity index is 3.00. The number of hydrogen-bond donors (Lipinski definition) is 0. The minimum Gasteiger partial charge on any atom is -0.466 e. The Hall–Kier alpha value is -0.530. The molecule has 0 rings (SSSR count). The average Bonchev–Trinajstić information content (AvgIpc) is 1.68. The maximum atomic E-state index is 10.0. The highest BCUT2D eigenvalue weighted by Gasteiger charge is 1.81. The molecule has 0 saturated heterocycles. The van der Waals surface area contributed by atoms with Gasteiger partial charge in [-0.05, 0) is 6.92 Å². The highest BCUT2D eigenvalue weighted by atomic mass is 16.5. The molecule has 0 amide bonds. The van der Waals surface area contributed by atoms with E-state index < -0.39 is 5.97 Å². The first-order valence-electron chi connectivity index (χ1n) is 2.46. The van der Waals surface area contributed by atoms with Gasteiger partial charge in [0, 0.05) is 8.27 Å². The van der Waals surface area contributed by atoms with Crippen LogP contribution in [0.2, 0.25) is 0 Å². The average molecular weight is 89.1 g/mol. The molecule has 2 heteroatoms. The molecule has 6 heavy (non-hydrogen) atoms. The second-order valence-electron chi connectivity index (χ2n) is 0.805. The molecule has 0 aliphatic heterocycles. The van der Waals surface area contributed by atoms with Crippen LogP contribution < -0.4 is 0 Å². The molecule has 0 unspecified atom stereocenters. The molecule has 0 aliphatic carbocycles. The molecule has 0 N–H and O–H groups in total. The maximum absolute atomic E-state index is 10.0. The zero-order valence-corrected chi connectivity index (χ0v) is 3.73. The van der Waals surface area contributed by atoms with Crippen molar-refractivity contribution in [3.63, 3.8) is 0 Å². The summed E-state index contributed by atoms with van der Waals surface area (Å²) in [4.78, 5) is 10.0. The zero-order chi connectivity index (χ0) is 5.70. The Kier molecular flexibility index (Phi) is 1.64. The second-order valence-corrected chi connectivity index (χ2v) is 0.805. The molecular weight excluding hydrogens is 80.0 g/mol. The summed E-state index contributed by atoms with van der Waals surface area (Å²) in [6, 6.07) is 0. The molecule has 0 aromatic carbocycles. The highest BCUT2D eigenvalue weighted by Crippen LogP contribution is 1.69. The fourth-order valence-electron chi connectivity index (χ4n) is 0.161. The van der Waals surface area contributed by atoms with E-state index in [0.29, 0.717) is 6.61 Å². The summed E-state index contributed by atoms with van der Waals surface area (Å²) in [6.07, 6.45) is 0. The molecule has 0 atom stereocenters. The summed E-state index contributed by atoms with van der Waals surface area (Å²) in [7, 11) is 0. The Morgan fingerprint density at radius 3 is 3.00 bits per heavy atom. The summed E-state index contributed by atoms with van der Waals surface area (Å²) < 4.78 is 10.8. The predicted molar refractivity (Wildman–Crippen MR) is 22.3 cm³/mol. The normalized spacial score (nSPS) is 9.83. The largest absolute Gasteiger partial charge is 0.466 e. The second kappa shape index (κ2) is 2.69. The van der Waals surface area contributed by atoms with Gasteiger partial charge in [-0.25, -0.2) is 0 Å². The molecule has 0 radical (unpaired) electrons. The van der Waals surface area contributed by atoms with Crippen LogP contribution >= 0.6 is 0 Å². The van der Waals surface area contributed by atoms with Crippen LogP contribution in [0.4, 0.5) is 0 Å². The van der Waals surface area contributed by atoms with Gasteiger partial charge in [-0.3, -0.25) is 4.79 Å². The van der Waals surface area contributed by atoms with Crippen molar-refractivity contribution in [1.29, 1.82) is 0 Å². The minimum absolute atomic E-state index is 0.270. The molecule has 0 saturated carbocycles. The van der Waals surface area contributed by atoms with Gasteiger partial charge >= 0.3 is 5.97 Å². The molecule has 2 nitrogen and oxygen atoms in total. The smallest absolute Gasteiger partial charge is 0.302 e. The van der Waals surface area contributed by atoms with E-state index in [1.165, 1.54) is 0 Å². The molecule has 0 spiro atoms. The Labute approximate surface area is 38.5 Å². The van der Waals surface area contributed by atoms with E-state index in [9.17, 15) is 4.79 Å². The third kappa shape index (κ3) is 3.47. The lowest BCUT2D eigenvalue weighted by Crippen LogP contribution is -1.95. The van der Waals surface area contributed by atoms with Crippen LogP contribution in [0.5, 0.6) is 0 Å². The Morgan fingerprint density at radius 1 is 2.17 bits per heavy atom. The van der Waals surface area contributed by atoms with Crippen LogP contribution in [0, 0.1) is 0 Å². The molecule has 0 aliphatic rings. The molecule has 0 fully saturated rings. The maximum Gasteiger partial charge on any atom is 0.302 e. The van der Waals surface area contributed by atoms with E-state index in [1.54, 1.807) is 6.92 Å². The van der Waals surface area contributed by atoms with E-state index in [-0.39, 0.29) is 6.90 Å². The summed E-state index contributed by atoms with van der Waals surface area (Å²) in [5.74, 6) is -0.456. The van der Waals surface area contributed by atoms with Crippen molar-refractivity contribution in [2.75, 3.05) is 6.61 Å². The quantitative estimate of drug-likeness (QED) is 0.439. The molecule has 0 aromatic rings. The van der Waals surface area contributed by atoms with Gasteiger partial charge in [-0.2, -0.15) is 0 Å². The lowest BCUT2D eigenvalue weighted by molar-refractivity contribution is -0.140. The third-order valence-electron chi connectivity index (χ3n) is 0.305. The highest BCUT2D eigenvalue weighted by molar-refractivity contribution is 5.65. The molecule has 0 aromatic heterocycles. The van der Waals surface area contributed by atoms with Gasteiger partial charge in [-0.15, -0.1) is 0 Å². The topological polar surface area (TPSA) is 26.3 Å². The van der Waals surface area contributed by atoms with Crippen LogP contribution in [0.25, 0.3) is 0 Å². The summed E-state index contributed by atoms with van der Waals surface area (Å²) in [5, 5.41) is 0. The van der Waals surface area contributed by atoms with Crippen LogP contribution in [-0.4, -0.2) is 12.6 Å². The van der Waals surface area contributed by atoms with E-state index in [1.807, 2.05) is 0 Å². The first-order valence-corrected chi connectivity index (χ1v) is 1.76. The fraction of sp³-hybridized carbons (Fsp3) is 0.750. The van der Waals surface area contributed by atoms with Crippen LogP contribution in [-0.2, 0) is 9.53 Å². The van der Waals surface area contributed by atoms with Gasteiger partial charge in [0.05, 0.1) is 6.61 Å². The Morgan fingerprint density at radius 2 is 2.83 bits per heavy atom. The first kappa shape index (κ1) is 3.65. The zero-order valence-electron chi connectivity index (χ0n) is 4.73. The lowest BCUT2D eigenvalue weighted by atomic mass is 10.8. The van der Waals surface area contributed by atoms with Crippen molar-refractivity contribution in [3.05, 3.63) is 0 Å². The number of hydrogen-bond acceptors (Lipinski definition) is 2. The monoisotopic (exact) mass is 89.1 g/mol. The van der Waals surface area contributed by atoms with Gasteiger partial charge < -0.3 is 4.74 Å². The molecule has 0 bridgehead atoms. The van der Waals surface area contributed by atoms with Crippen molar-refractivity contribution in [3.8, 4) is 0 Å². The molecular formula is C4H8O2. The first-order chi connectivity index (χ1) is 3.31. The Bertz CT molecular complexity index is 62.7. The predicted octanol–water partition coefficient (Wildman–Crippen LogP) is 0.569. The van der Waals surface area contributed by atoms with Gasteiger partial charge in [0.2, 0.25) is 0 Å². The number of ether oxygens (including phenoxy) is 1. The van der Waals surface area contributed by atoms with Crippen LogP contribution in [0.15, 0.2) is 0 Å². The van der Waals surface area contributed by atoms with E-state index >= 15 is 0 Å². The van der Waals surface area contributed by atoms with E-state index in [2.05, 4.69) is 4.74 Å². The molecule has 0 heterocycles.